The Labute approximate surface area is 54.1 Å². The van der Waals surface area contributed by atoms with Crippen molar-refractivity contribution in [1.82, 2.24) is 4.90 Å². The van der Waals surface area contributed by atoms with E-state index in [1.54, 1.807) is 11.9 Å². The fourth-order valence-corrected chi connectivity index (χ4v) is 0.351. The normalized spacial score (nSPS) is 8.75. The molecule has 3 N–H and O–H groups in total. The van der Waals surface area contributed by atoms with Gasteiger partial charge in [0, 0.05) is 13.6 Å². The number of aliphatic hydroxyl groups excluding tert-OH is 1. The van der Waals surface area contributed by atoms with Crippen molar-refractivity contribution >= 4 is 17.3 Å². The minimum Gasteiger partial charge on any atom is -0.395 e. The zero-order valence-electron chi connectivity index (χ0n) is 4.79. The average molecular weight is 134 g/mol. The molecule has 0 radical (unpaired) electrons. The van der Waals surface area contributed by atoms with Crippen LogP contribution >= 0.6 is 12.2 Å². The summed E-state index contributed by atoms with van der Waals surface area (Å²) in [5.41, 5.74) is 5.17. The smallest absolute Gasteiger partial charge is 0.166 e. The van der Waals surface area contributed by atoms with E-state index < -0.39 is 0 Å². The Kier molecular flexibility index (Phi) is 3.47. The summed E-state index contributed by atoms with van der Waals surface area (Å²) in [7, 11) is 1.73. The summed E-state index contributed by atoms with van der Waals surface area (Å²) < 4.78 is 0. The first-order chi connectivity index (χ1) is 3.68. The van der Waals surface area contributed by atoms with E-state index in [4.69, 9.17) is 10.8 Å². The highest BCUT2D eigenvalue weighted by molar-refractivity contribution is 7.80. The van der Waals surface area contributed by atoms with Crippen molar-refractivity contribution in [3.8, 4) is 0 Å². The molecule has 4 heteroatoms. The summed E-state index contributed by atoms with van der Waals surface area (Å²) >= 11 is 4.58. The fourth-order valence-electron chi connectivity index (χ4n) is 0.260. The second-order valence-corrected chi connectivity index (χ2v) is 1.90. The highest BCUT2D eigenvalue weighted by atomic mass is 32.1. The third kappa shape index (κ3) is 2.76. The van der Waals surface area contributed by atoms with Crippen LogP contribution < -0.4 is 5.73 Å². The van der Waals surface area contributed by atoms with Crippen LogP contribution in [0.15, 0.2) is 0 Å². The number of nitrogens with two attached hydrogens (primary N) is 1. The van der Waals surface area contributed by atoms with E-state index in [9.17, 15) is 0 Å². The molecule has 0 aliphatic heterocycles. The van der Waals surface area contributed by atoms with Crippen LogP contribution in [-0.2, 0) is 0 Å². The highest BCUT2D eigenvalue weighted by Crippen LogP contribution is 1.77. The molecule has 0 aromatic rings. The summed E-state index contributed by atoms with van der Waals surface area (Å²) in [5.74, 6) is 0. The largest absolute Gasteiger partial charge is 0.395 e. The quantitative estimate of drug-likeness (QED) is 0.483. The maximum absolute atomic E-state index is 8.33. The molecule has 3 nitrogen and oxygen atoms in total. The fraction of sp³-hybridized carbons (Fsp3) is 0.750. The van der Waals surface area contributed by atoms with Gasteiger partial charge in [-0.3, -0.25) is 0 Å². The summed E-state index contributed by atoms with van der Waals surface area (Å²) in [6, 6.07) is 0. The van der Waals surface area contributed by atoms with E-state index in [0.717, 1.165) is 0 Å². The van der Waals surface area contributed by atoms with Crippen molar-refractivity contribution in [2.24, 2.45) is 5.73 Å². The number of nitrogens with zero attached hydrogens (tertiary/aromatic N) is 1. The maximum Gasteiger partial charge on any atom is 0.166 e. The average Bonchev–Trinajstić information content (AvgIpc) is 1.67. The Morgan fingerprint density at radius 2 is 2.38 bits per heavy atom. The van der Waals surface area contributed by atoms with Crippen LogP contribution in [0.25, 0.3) is 0 Å². The zero-order valence-corrected chi connectivity index (χ0v) is 5.61. The van der Waals surface area contributed by atoms with Crippen LogP contribution in [0, 0.1) is 0 Å². The number of aliphatic hydroxyl groups is 1. The predicted octanol–water partition coefficient (Wildman–Crippen LogP) is -0.846. The Bertz CT molecular complexity index is 86.1. The molecular formula is C4H10N2OS. The van der Waals surface area contributed by atoms with Gasteiger partial charge in [-0.2, -0.15) is 0 Å². The molecule has 0 aromatic heterocycles. The van der Waals surface area contributed by atoms with Gasteiger partial charge < -0.3 is 15.7 Å². The van der Waals surface area contributed by atoms with Crippen LogP contribution in [0.2, 0.25) is 0 Å². The van der Waals surface area contributed by atoms with Gasteiger partial charge in [-0.05, 0) is 12.2 Å². The van der Waals surface area contributed by atoms with E-state index in [0.29, 0.717) is 11.7 Å². The maximum atomic E-state index is 8.33. The van der Waals surface area contributed by atoms with E-state index in [2.05, 4.69) is 12.2 Å². The van der Waals surface area contributed by atoms with Crippen molar-refractivity contribution < 1.29 is 5.11 Å². The van der Waals surface area contributed by atoms with Gasteiger partial charge in [0.15, 0.2) is 5.11 Å². The number of rotatable bonds is 2. The molecule has 0 saturated heterocycles. The van der Waals surface area contributed by atoms with Gasteiger partial charge in [-0.15, -0.1) is 0 Å². The molecule has 0 atom stereocenters. The molecule has 0 fully saturated rings. The Morgan fingerprint density at radius 3 is 2.50 bits per heavy atom. The van der Waals surface area contributed by atoms with E-state index in [1.165, 1.54) is 0 Å². The van der Waals surface area contributed by atoms with Crippen LogP contribution in [0.4, 0.5) is 0 Å². The molecule has 0 saturated carbocycles. The van der Waals surface area contributed by atoms with Crippen molar-refractivity contribution in [2.75, 3.05) is 20.2 Å². The lowest BCUT2D eigenvalue weighted by molar-refractivity contribution is 0.264. The molecular weight excluding hydrogens is 124 g/mol. The van der Waals surface area contributed by atoms with Gasteiger partial charge in [0.05, 0.1) is 6.61 Å². The van der Waals surface area contributed by atoms with E-state index in [-0.39, 0.29) is 6.61 Å². The first-order valence-electron chi connectivity index (χ1n) is 2.30. The molecule has 0 heterocycles. The first-order valence-corrected chi connectivity index (χ1v) is 2.70. The minimum absolute atomic E-state index is 0.0911. The third-order valence-corrected chi connectivity index (χ3v) is 1.12. The van der Waals surface area contributed by atoms with Crippen LogP contribution in [0.1, 0.15) is 0 Å². The topological polar surface area (TPSA) is 49.5 Å². The van der Waals surface area contributed by atoms with Crippen LogP contribution in [0.3, 0.4) is 0 Å². The molecule has 0 spiro atoms. The molecule has 0 unspecified atom stereocenters. The van der Waals surface area contributed by atoms with Crippen molar-refractivity contribution in [3.63, 3.8) is 0 Å². The second-order valence-electron chi connectivity index (χ2n) is 1.48. The third-order valence-electron chi connectivity index (χ3n) is 0.812. The Hall–Kier alpha value is -0.350. The van der Waals surface area contributed by atoms with Crippen molar-refractivity contribution in [1.29, 1.82) is 0 Å². The monoisotopic (exact) mass is 134 g/mol. The van der Waals surface area contributed by atoms with E-state index >= 15 is 0 Å². The second kappa shape index (κ2) is 3.63. The van der Waals surface area contributed by atoms with Crippen LogP contribution in [-0.4, -0.2) is 35.3 Å². The number of likely N-dealkylation sites (N-methyl/N-ethyl adjacent to an activating group) is 1. The Balaban J connectivity index is 3.32. The Morgan fingerprint density at radius 1 is 1.88 bits per heavy atom. The lowest BCUT2D eigenvalue weighted by Gasteiger charge is -2.13. The summed E-state index contributed by atoms with van der Waals surface area (Å²) in [6.45, 7) is 0.600. The molecule has 0 aliphatic rings. The van der Waals surface area contributed by atoms with E-state index in [1.807, 2.05) is 0 Å². The van der Waals surface area contributed by atoms with Gasteiger partial charge in [0.25, 0.3) is 0 Å². The van der Waals surface area contributed by atoms with Crippen LogP contribution in [0.5, 0.6) is 0 Å². The SMILES string of the molecule is CN(CCO)C(N)=S. The minimum atomic E-state index is 0.0911. The molecule has 0 aliphatic carbocycles. The highest BCUT2D eigenvalue weighted by Gasteiger charge is 1.94. The predicted molar refractivity (Wildman–Crippen MR) is 36.5 cm³/mol. The molecule has 8 heavy (non-hydrogen) atoms. The molecule has 0 amide bonds. The number of hydrogen-bond donors (Lipinski definition) is 2. The summed E-state index contributed by atoms with van der Waals surface area (Å²) in [6.07, 6.45) is 0. The van der Waals surface area contributed by atoms with Gasteiger partial charge in [-0.1, -0.05) is 0 Å². The number of hydrogen-bond acceptors (Lipinski definition) is 2. The molecule has 48 valence electrons. The zero-order chi connectivity index (χ0) is 6.57. The summed E-state index contributed by atoms with van der Waals surface area (Å²) in [4.78, 5) is 1.61. The molecule has 0 aromatic carbocycles. The van der Waals surface area contributed by atoms with Gasteiger partial charge in [-0.25, -0.2) is 0 Å². The van der Waals surface area contributed by atoms with Gasteiger partial charge in [0.1, 0.15) is 0 Å². The standard InChI is InChI=1S/C4H10N2OS/c1-6(2-3-7)4(5)8/h7H,2-3H2,1H3,(H2,5,8). The molecule has 0 bridgehead atoms. The summed E-state index contributed by atoms with van der Waals surface area (Å²) in [5, 5.41) is 8.65. The van der Waals surface area contributed by atoms with Crippen molar-refractivity contribution in [3.05, 3.63) is 0 Å². The van der Waals surface area contributed by atoms with Gasteiger partial charge >= 0.3 is 0 Å². The lowest BCUT2D eigenvalue weighted by atomic mass is 10.6. The first kappa shape index (κ1) is 7.65. The number of thiocarbonyl (C=S) groups is 1. The molecule has 0 rings (SSSR count). The van der Waals surface area contributed by atoms with Gasteiger partial charge in [0.2, 0.25) is 0 Å². The lowest BCUT2D eigenvalue weighted by Crippen LogP contribution is -2.33. The van der Waals surface area contributed by atoms with Crippen molar-refractivity contribution in [2.45, 2.75) is 0 Å².